The van der Waals surface area contributed by atoms with Gasteiger partial charge in [-0.15, -0.1) is 0 Å². The molecule has 30 heavy (non-hydrogen) atoms. The van der Waals surface area contributed by atoms with Gasteiger partial charge in [-0.2, -0.15) is 0 Å². The first-order valence-electron chi connectivity index (χ1n) is 10.8. The number of benzene rings is 1. The summed E-state index contributed by atoms with van der Waals surface area (Å²) in [5, 5.41) is 2.87. The molecule has 1 saturated heterocycles. The smallest absolute Gasteiger partial charge is 0.286 e. The quantitative estimate of drug-likeness (QED) is 0.594. The van der Waals surface area contributed by atoms with E-state index in [9.17, 15) is 13.2 Å². The van der Waals surface area contributed by atoms with Gasteiger partial charge in [-0.3, -0.25) is 4.79 Å². The van der Waals surface area contributed by atoms with E-state index < -0.39 is 9.84 Å². The van der Waals surface area contributed by atoms with Crippen molar-refractivity contribution in [2.24, 2.45) is 5.92 Å². The highest BCUT2D eigenvalue weighted by molar-refractivity contribution is 7.89. The van der Waals surface area contributed by atoms with Crippen LogP contribution >= 0.6 is 0 Å². The van der Waals surface area contributed by atoms with Crippen LogP contribution < -0.4 is 10.2 Å². The lowest BCUT2D eigenvalue weighted by atomic mass is 9.99. The SMILES string of the molecule is Cc1cccc(CS(=O)(=O)Cc2ccc(C(=O)NCCC[NH+]3CCC(C)CC3)o2)c1. The number of aryl methyl sites for hydroxylation is 1. The van der Waals surface area contributed by atoms with Crippen LogP contribution in [-0.4, -0.2) is 40.5 Å². The molecule has 1 amide bonds. The lowest BCUT2D eigenvalue weighted by Crippen LogP contribution is -3.13. The van der Waals surface area contributed by atoms with Gasteiger partial charge in [0.2, 0.25) is 0 Å². The molecule has 1 aromatic heterocycles. The van der Waals surface area contributed by atoms with Gasteiger partial charge in [0, 0.05) is 13.0 Å². The van der Waals surface area contributed by atoms with Crippen molar-refractivity contribution in [1.29, 1.82) is 0 Å². The van der Waals surface area contributed by atoms with Crippen molar-refractivity contribution >= 4 is 15.7 Å². The van der Waals surface area contributed by atoms with Gasteiger partial charge in [0.05, 0.1) is 25.4 Å². The summed E-state index contributed by atoms with van der Waals surface area (Å²) in [5.74, 6) is 0.732. The molecule has 6 nitrogen and oxygen atoms in total. The lowest BCUT2D eigenvalue weighted by molar-refractivity contribution is -0.906. The number of amides is 1. The van der Waals surface area contributed by atoms with Crippen LogP contribution in [0, 0.1) is 12.8 Å². The molecule has 3 rings (SSSR count). The first-order chi connectivity index (χ1) is 14.3. The minimum Gasteiger partial charge on any atom is -0.455 e. The first kappa shape index (κ1) is 22.6. The number of carbonyl (C=O) groups excluding carboxylic acids is 1. The third kappa shape index (κ3) is 6.99. The second-order valence-electron chi connectivity index (χ2n) is 8.58. The van der Waals surface area contributed by atoms with Gasteiger partial charge < -0.3 is 14.6 Å². The van der Waals surface area contributed by atoms with Crippen molar-refractivity contribution in [2.75, 3.05) is 26.2 Å². The van der Waals surface area contributed by atoms with Crippen LogP contribution in [0.2, 0.25) is 0 Å². The number of hydrogen-bond acceptors (Lipinski definition) is 4. The highest BCUT2D eigenvalue weighted by Crippen LogP contribution is 2.16. The van der Waals surface area contributed by atoms with Crippen LogP contribution in [0.5, 0.6) is 0 Å². The summed E-state index contributed by atoms with van der Waals surface area (Å²) in [7, 11) is -3.38. The second-order valence-corrected chi connectivity index (χ2v) is 10.6. The van der Waals surface area contributed by atoms with Gasteiger partial charge in [-0.1, -0.05) is 36.8 Å². The second kappa shape index (κ2) is 10.3. The largest absolute Gasteiger partial charge is 0.455 e. The van der Waals surface area contributed by atoms with E-state index in [-0.39, 0.29) is 23.2 Å². The third-order valence-corrected chi connectivity index (χ3v) is 7.19. The number of quaternary nitrogens is 1. The summed E-state index contributed by atoms with van der Waals surface area (Å²) >= 11 is 0. The number of piperidine rings is 1. The van der Waals surface area contributed by atoms with Crippen molar-refractivity contribution in [1.82, 2.24) is 5.32 Å². The summed E-state index contributed by atoms with van der Waals surface area (Å²) in [5.41, 5.74) is 1.78. The Morgan fingerprint density at radius 3 is 2.67 bits per heavy atom. The number of hydrogen-bond donors (Lipinski definition) is 2. The standard InChI is InChI=1S/C23H32N2O4S/c1-18-9-13-25(14-10-18)12-4-11-24-23(26)22-8-7-21(29-22)17-30(27,28)16-20-6-3-5-19(2)15-20/h3,5-8,15,18H,4,9-14,16-17H2,1-2H3,(H,24,26)/p+1. The first-order valence-corrected chi connectivity index (χ1v) is 12.6. The molecule has 0 atom stereocenters. The molecule has 0 unspecified atom stereocenters. The predicted octanol–water partition coefficient (Wildman–Crippen LogP) is 2.14. The van der Waals surface area contributed by atoms with Crippen molar-refractivity contribution in [3.8, 4) is 0 Å². The molecule has 2 N–H and O–H groups in total. The lowest BCUT2D eigenvalue weighted by Gasteiger charge is -2.27. The van der Waals surface area contributed by atoms with Gasteiger partial charge >= 0.3 is 0 Å². The van der Waals surface area contributed by atoms with E-state index in [1.165, 1.54) is 25.9 Å². The summed E-state index contributed by atoms with van der Waals surface area (Å²) in [6.45, 7) is 8.33. The van der Waals surface area contributed by atoms with E-state index in [4.69, 9.17) is 4.42 Å². The van der Waals surface area contributed by atoms with Crippen molar-refractivity contribution in [3.63, 3.8) is 0 Å². The maximum Gasteiger partial charge on any atom is 0.286 e. The average Bonchev–Trinajstić information content (AvgIpc) is 3.14. The van der Waals surface area contributed by atoms with E-state index in [1.54, 1.807) is 23.1 Å². The summed E-state index contributed by atoms with van der Waals surface area (Å²) in [6, 6.07) is 10.6. The zero-order valence-electron chi connectivity index (χ0n) is 17.9. The molecule has 0 saturated carbocycles. The Morgan fingerprint density at radius 2 is 1.93 bits per heavy atom. The molecule has 0 bridgehead atoms. The zero-order chi connectivity index (χ0) is 21.6. The maximum absolute atomic E-state index is 12.5. The van der Waals surface area contributed by atoms with Crippen LogP contribution in [0.1, 0.15) is 53.6 Å². The number of sulfone groups is 1. The fourth-order valence-electron chi connectivity index (χ4n) is 3.95. The van der Waals surface area contributed by atoms with E-state index >= 15 is 0 Å². The summed E-state index contributed by atoms with van der Waals surface area (Å²) in [6.07, 6.45) is 3.49. The van der Waals surface area contributed by atoms with Crippen molar-refractivity contribution in [3.05, 3.63) is 59.0 Å². The van der Waals surface area contributed by atoms with Gasteiger partial charge in [0.1, 0.15) is 11.5 Å². The molecule has 7 heteroatoms. The third-order valence-electron chi connectivity index (χ3n) is 5.69. The number of furan rings is 1. The van der Waals surface area contributed by atoms with E-state index in [0.717, 1.165) is 30.0 Å². The molecule has 1 aromatic carbocycles. The molecule has 0 spiro atoms. The van der Waals surface area contributed by atoms with Crippen LogP contribution in [0.15, 0.2) is 40.8 Å². The Hall–Kier alpha value is -2.12. The number of carbonyl (C=O) groups is 1. The number of likely N-dealkylation sites (tertiary alicyclic amines) is 1. The van der Waals surface area contributed by atoms with Crippen LogP contribution in [-0.2, 0) is 21.3 Å². The normalized spacial score (nSPS) is 19.5. The molecular weight excluding hydrogens is 400 g/mol. The molecule has 2 aromatic rings. The van der Waals surface area contributed by atoms with Crippen LogP contribution in [0.25, 0.3) is 0 Å². The Bertz CT molecular complexity index is 944. The van der Waals surface area contributed by atoms with Crippen molar-refractivity contribution < 1.29 is 22.5 Å². The monoisotopic (exact) mass is 433 g/mol. The molecule has 0 radical (unpaired) electrons. The van der Waals surface area contributed by atoms with Gasteiger partial charge in [-0.05, 0) is 43.4 Å². The Kier molecular flexibility index (Phi) is 7.72. The van der Waals surface area contributed by atoms with Crippen LogP contribution in [0.3, 0.4) is 0 Å². The Labute approximate surface area is 179 Å². The Balaban J connectivity index is 1.44. The fraction of sp³-hybridized carbons (Fsp3) is 0.522. The minimum atomic E-state index is -3.38. The summed E-state index contributed by atoms with van der Waals surface area (Å²) < 4.78 is 30.5. The summed E-state index contributed by atoms with van der Waals surface area (Å²) in [4.78, 5) is 13.9. The van der Waals surface area contributed by atoms with Crippen LogP contribution in [0.4, 0.5) is 0 Å². The van der Waals surface area contributed by atoms with E-state index in [0.29, 0.717) is 12.3 Å². The van der Waals surface area contributed by atoms with Gasteiger partial charge in [-0.25, -0.2) is 8.42 Å². The average molecular weight is 434 g/mol. The number of rotatable bonds is 9. The predicted molar refractivity (Wildman–Crippen MR) is 117 cm³/mol. The molecular formula is C23H33N2O4S+. The highest BCUT2D eigenvalue weighted by Gasteiger charge is 2.20. The molecule has 1 aliphatic heterocycles. The van der Waals surface area contributed by atoms with Crippen molar-refractivity contribution in [2.45, 2.75) is 44.6 Å². The Morgan fingerprint density at radius 1 is 1.17 bits per heavy atom. The maximum atomic E-state index is 12.5. The molecule has 1 fully saturated rings. The highest BCUT2D eigenvalue weighted by atomic mass is 32.2. The fourth-order valence-corrected chi connectivity index (χ4v) is 5.33. The van der Waals surface area contributed by atoms with Gasteiger partial charge in [0.25, 0.3) is 5.91 Å². The molecule has 2 heterocycles. The molecule has 1 aliphatic rings. The molecule has 164 valence electrons. The number of nitrogens with one attached hydrogen (secondary N) is 2. The van der Waals surface area contributed by atoms with E-state index in [1.807, 2.05) is 25.1 Å². The minimum absolute atomic E-state index is 0.0471. The topological polar surface area (TPSA) is 80.8 Å². The van der Waals surface area contributed by atoms with Gasteiger partial charge in [0.15, 0.2) is 15.6 Å². The molecule has 0 aliphatic carbocycles. The van der Waals surface area contributed by atoms with E-state index in [2.05, 4.69) is 12.2 Å². The zero-order valence-corrected chi connectivity index (χ0v) is 18.8.